The molecule has 0 aromatic rings. The minimum atomic E-state index is -2.00. The zero-order valence-electron chi connectivity index (χ0n) is 50.8. The van der Waals surface area contributed by atoms with Crippen LogP contribution in [0.3, 0.4) is 0 Å². The van der Waals surface area contributed by atoms with E-state index in [1.165, 1.54) is 37.9 Å². The molecule has 1 atom stereocenters. The Morgan fingerprint density at radius 3 is 1.15 bits per heavy atom. The molecule has 0 aromatic carbocycles. The van der Waals surface area contributed by atoms with Crippen molar-refractivity contribution in [2.45, 2.75) is 217 Å². The quantitative estimate of drug-likeness (QED) is 0.0381. The third-order valence-electron chi connectivity index (χ3n) is 12.9. The summed E-state index contributed by atoms with van der Waals surface area (Å²) in [7, 11) is -14.3. The zero-order valence-corrected chi connectivity index (χ0v) is 60.5. The maximum atomic E-state index is 6.04. The van der Waals surface area contributed by atoms with Gasteiger partial charge in [0.25, 0.3) is 8.48 Å². The van der Waals surface area contributed by atoms with Crippen LogP contribution in [0.15, 0.2) is 61.4 Å². The summed E-state index contributed by atoms with van der Waals surface area (Å²) in [6.07, 6.45) is 5.95. The van der Waals surface area contributed by atoms with Crippen LogP contribution in [0, 0.1) is 0 Å². The van der Waals surface area contributed by atoms with Gasteiger partial charge >= 0.3 is 25.7 Å². The molecule has 0 spiro atoms. The van der Waals surface area contributed by atoms with E-state index >= 15 is 0 Å². The van der Waals surface area contributed by atoms with Crippen molar-refractivity contribution in [3.8, 4) is 0 Å². The molecular weight excluding hydrogens is 1080 g/mol. The fourth-order valence-corrected chi connectivity index (χ4v) is 34.8. The highest BCUT2D eigenvalue weighted by Crippen LogP contribution is 2.32. The molecule has 0 radical (unpaired) electrons. The van der Waals surface area contributed by atoms with Crippen molar-refractivity contribution >= 4 is 85.4 Å². The van der Waals surface area contributed by atoms with Gasteiger partial charge in [-0.1, -0.05) is 122 Å². The number of hydrogen-bond donors (Lipinski definition) is 1. The second kappa shape index (κ2) is 43.4. The largest absolute Gasteiger partial charge is 0.404 e. The fourth-order valence-electron chi connectivity index (χ4n) is 8.45. The number of nitrogens with two attached hydrogens (primary N) is 1. The van der Waals surface area contributed by atoms with Crippen LogP contribution in [0.1, 0.15) is 95.4 Å². The van der Waals surface area contributed by atoms with Crippen molar-refractivity contribution in [1.82, 2.24) is 8.46 Å². The first kappa shape index (κ1) is 84.8. The molecule has 2 N–H and O–H groups in total. The SMILES string of the molecule is C.C.C=C[Si](C)(C)CCCC[Si](C)(OCC)OCC.C=C[Si](C)(C)Cl.C=C[Si](C)(C)N(CCC[Si](C)(OCC)OCC)[Si](C)(C)C=C.C=C[Si](C)(C)N1CCC[Si]1(C)OCC.CCO[Si](C)(CCCN)OCC. The highest BCUT2D eigenvalue weighted by atomic mass is 35.6. The molecule has 10 nitrogen and oxygen atoms in total. The zero-order chi connectivity index (χ0) is 56.3. The number of halogens is 1. The number of nitrogens with zero attached hydrogens (tertiary/aromatic N) is 2. The van der Waals surface area contributed by atoms with Gasteiger partial charge in [-0.3, -0.25) is 0 Å². The van der Waals surface area contributed by atoms with Gasteiger partial charge in [0.05, 0.1) is 8.07 Å². The Bertz CT molecular complexity index is 1380. The summed E-state index contributed by atoms with van der Waals surface area (Å²) in [6, 6.07) is 5.81. The third-order valence-corrected chi connectivity index (χ3v) is 44.3. The van der Waals surface area contributed by atoms with Crippen molar-refractivity contribution in [2.75, 3.05) is 65.9 Å². The highest BCUT2D eigenvalue weighted by Gasteiger charge is 2.47. The van der Waals surface area contributed by atoms with Crippen molar-refractivity contribution in [3.05, 3.63) is 61.4 Å². The number of rotatable bonds is 34. The summed E-state index contributed by atoms with van der Waals surface area (Å²) >= 11 is 5.74. The maximum absolute atomic E-state index is 6.04. The van der Waals surface area contributed by atoms with E-state index in [0.29, 0.717) is 0 Å². The summed E-state index contributed by atoms with van der Waals surface area (Å²) in [4.78, 5) is 0. The van der Waals surface area contributed by atoms with Crippen LogP contribution in [0.5, 0.6) is 0 Å². The first-order chi connectivity index (χ1) is 32.7. The van der Waals surface area contributed by atoms with E-state index in [1.54, 1.807) is 0 Å². The van der Waals surface area contributed by atoms with Crippen molar-refractivity contribution in [3.63, 3.8) is 0 Å². The normalized spacial score (nSPS) is 15.6. The monoisotopic (exact) mass is 1210 g/mol. The molecule has 440 valence electrons. The Hall–Kier alpha value is 0.542. The summed E-state index contributed by atoms with van der Waals surface area (Å²) < 4.78 is 46.3. The van der Waals surface area contributed by atoms with E-state index in [1.807, 2.05) is 32.6 Å². The van der Waals surface area contributed by atoms with E-state index in [-0.39, 0.29) is 14.9 Å². The first-order valence-corrected chi connectivity index (χ1v) is 53.9. The predicted molar refractivity (Wildman–Crippen MR) is 355 cm³/mol. The Morgan fingerprint density at radius 1 is 0.521 bits per heavy atom. The van der Waals surface area contributed by atoms with E-state index < -0.39 is 74.3 Å². The number of hydrogen-bond acceptors (Lipinski definition) is 10. The van der Waals surface area contributed by atoms with Crippen LogP contribution in [-0.4, -0.2) is 149 Å². The Balaban J connectivity index is -0.000000199. The van der Waals surface area contributed by atoms with Crippen molar-refractivity contribution in [2.24, 2.45) is 5.73 Å². The van der Waals surface area contributed by atoms with Gasteiger partial charge in [-0.05, 0) is 138 Å². The molecule has 73 heavy (non-hydrogen) atoms. The topological polar surface area (TPSA) is 97.1 Å². The van der Waals surface area contributed by atoms with Crippen LogP contribution >= 0.6 is 11.1 Å². The standard InChI is InChI=1S/C16H37NO2Si3.C13H30O2Si2.C10H23NOSi2.C8H21NO2Si.C4H9ClSi.2CH4/c1-10-18-22(9,19-11-2)16-14-15-17(20(5,6)12-3)21(7,8)13-4;1-7-14-17(6,15-8-2)13-11-10-12-16(4,5)9-3;1-6-12-14(5)10-8-9-11(14)13(3,4)7-2;1-4-10-12(3,11-5-2)8-6-7-9;1-4-6(2,3)5;;/h12-13H,3-4,10-11,14-16H2,1-2,5-9H3;9H,3,7-8,10-13H2,1-2,4-6H3;7H,2,6,8-10H2,1,3-5H3;4-9H2,1-3H3;4H,1H2,2-3H3;2*1H4. The molecule has 20 heteroatoms. The molecule has 1 heterocycles. The summed E-state index contributed by atoms with van der Waals surface area (Å²) in [6.45, 7) is 74.3. The number of unbranched alkanes of at least 4 members (excludes halogenated alkanes) is 1. The van der Waals surface area contributed by atoms with Gasteiger partial charge in [0, 0.05) is 46.2 Å². The van der Waals surface area contributed by atoms with E-state index in [2.05, 4.69) is 177 Å². The summed E-state index contributed by atoms with van der Waals surface area (Å²) in [5, 5.41) is 0. The van der Waals surface area contributed by atoms with E-state index in [9.17, 15) is 0 Å². The third kappa shape index (κ3) is 39.5. The second-order valence-electron chi connectivity index (χ2n) is 21.8. The van der Waals surface area contributed by atoms with E-state index in [4.69, 9.17) is 47.8 Å². The van der Waals surface area contributed by atoms with Gasteiger partial charge in [-0.25, -0.2) is 0 Å². The average Bonchev–Trinajstić information content (AvgIpc) is 3.69. The minimum absolute atomic E-state index is 0. The van der Waals surface area contributed by atoms with E-state index in [0.717, 1.165) is 90.3 Å². The van der Waals surface area contributed by atoms with Crippen LogP contribution in [0.25, 0.3) is 0 Å². The van der Waals surface area contributed by atoms with Gasteiger partial charge in [-0.15, -0.1) is 38.6 Å². The van der Waals surface area contributed by atoms with Crippen molar-refractivity contribution < 1.29 is 31.0 Å². The molecule has 1 fully saturated rings. The highest BCUT2D eigenvalue weighted by molar-refractivity contribution is 7.21. The van der Waals surface area contributed by atoms with Crippen LogP contribution in [0.2, 0.25) is 122 Å². The minimum Gasteiger partial charge on any atom is -0.404 e. The first-order valence-electron chi connectivity index (χ1n) is 27.3. The maximum Gasteiger partial charge on any atom is 0.334 e. The molecule has 0 saturated carbocycles. The lowest BCUT2D eigenvalue weighted by Gasteiger charge is -2.44. The van der Waals surface area contributed by atoms with Gasteiger partial charge in [0.15, 0.2) is 7.38 Å². The predicted octanol–water partition coefficient (Wildman–Crippen LogP) is 16.7. The molecular formula is C53H128ClN3O7Si9. The molecule has 0 aromatic heterocycles. The summed E-state index contributed by atoms with van der Waals surface area (Å²) in [5.41, 5.74) is 16.0. The Labute approximate surface area is 472 Å². The molecule has 1 rings (SSSR count). The second-order valence-corrected chi connectivity index (χ2v) is 60.5. The lowest BCUT2D eigenvalue weighted by molar-refractivity contribution is 0.187. The van der Waals surface area contributed by atoms with Crippen LogP contribution < -0.4 is 5.73 Å². The lowest BCUT2D eigenvalue weighted by atomic mass is 10.4. The fraction of sp³-hybridized carbons (Fsp3) is 0.811. The smallest absolute Gasteiger partial charge is 0.334 e. The van der Waals surface area contributed by atoms with Crippen LogP contribution in [0.4, 0.5) is 0 Å². The van der Waals surface area contributed by atoms with Crippen LogP contribution in [-0.2, 0) is 31.0 Å². The Kier molecular flexibility index (Phi) is 50.4. The van der Waals surface area contributed by atoms with Gasteiger partial charge in [0.1, 0.15) is 24.7 Å². The molecule has 1 aliphatic heterocycles. The summed E-state index contributed by atoms with van der Waals surface area (Å²) in [5.74, 6) is 0. The molecule has 1 unspecified atom stereocenters. The molecule has 0 amide bonds. The molecule has 0 bridgehead atoms. The van der Waals surface area contributed by atoms with Crippen molar-refractivity contribution in [1.29, 1.82) is 0 Å². The average molecular weight is 1210 g/mol. The molecule has 1 saturated heterocycles. The lowest BCUT2D eigenvalue weighted by Crippen LogP contribution is -2.60. The van der Waals surface area contributed by atoms with Gasteiger partial charge < -0.3 is 45.2 Å². The molecule has 0 aliphatic carbocycles. The Morgan fingerprint density at radius 2 is 0.863 bits per heavy atom. The van der Waals surface area contributed by atoms with Gasteiger partial charge in [-0.2, -0.15) is 11.1 Å². The molecule has 1 aliphatic rings. The van der Waals surface area contributed by atoms with Gasteiger partial charge in [0.2, 0.25) is 0 Å².